The van der Waals surface area contributed by atoms with Crippen molar-refractivity contribution in [3.63, 3.8) is 0 Å². The van der Waals surface area contributed by atoms with Crippen LogP contribution in [0.15, 0.2) is 24.5 Å². The van der Waals surface area contributed by atoms with Gasteiger partial charge in [-0.05, 0) is 25.0 Å². The van der Waals surface area contributed by atoms with Gasteiger partial charge >= 0.3 is 0 Å². The van der Waals surface area contributed by atoms with Crippen LogP contribution in [0.5, 0.6) is 5.75 Å². The molecule has 0 saturated carbocycles. The molecule has 2 nitrogen and oxygen atoms in total. The monoisotopic (exact) mass is 207 g/mol. The van der Waals surface area contributed by atoms with Crippen molar-refractivity contribution in [3.05, 3.63) is 24.5 Å². The summed E-state index contributed by atoms with van der Waals surface area (Å²) in [5, 5.41) is 0. The van der Waals surface area contributed by atoms with Gasteiger partial charge in [0.25, 0.3) is 0 Å². The van der Waals surface area contributed by atoms with Crippen molar-refractivity contribution in [1.82, 2.24) is 4.98 Å². The second-order valence-electron chi connectivity index (χ2n) is 3.86. The molecule has 0 N–H and O–H groups in total. The van der Waals surface area contributed by atoms with E-state index in [1.54, 1.807) is 12.4 Å². The number of ether oxygens (including phenoxy) is 1. The lowest BCUT2D eigenvalue weighted by Crippen LogP contribution is -2.16. The third-order valence-corrected chi connectivity index (χ3v) is 2.43. The zero-order valence-electron chi connectivity index (χ0n) is 9.78. The molecule has 0 amide bonds. The van der Waals surface area contributed by atoms with Gasteiger partial charge in [-0.15, -0.1) is 0 Å². The minimum Gasteiger partial charge on any atom is -0.489 e. The van der Waals surface area contributed by atoms with Gasteiger partial charge in [0.1, 0.15) is 5.75 Å². The van der Waals surface area contributed by atoms with Crippen molar-refractivity contribution in [2.45, 2.75) is 52.1 Å². The second kappa shape index (κ2) is 7.27. The average molecular weight is 207 g/mol. The predicted octanol–water partition coefficient (Wildman–Crippen LogP) is 3.82. The standard InChI is InChI=1S/C13H21NO/c1-3-5-8-12(7-4-2)15-13-9-6-10-14-11-13/h6,9-12H,3-5,7-8H2,1-2H3. The first-order chi connectivity index (χ1) is 7.36. The molecule has 1 heterocycles. The van der Waals surface area contributed by atoms with Crippen molar-refractivity contribution < 1.29 is 4.74 Å². The molecule has 0 fully saturated rings. The highest BCUT2D eigenvalue weighted by atomic mass is 16.5. The van der Waals surface area contributed by atoms with Crippen LogP contribution in [0.2, 0.25) is 0 Å². The molecule has 0 aliphatic rings. The first kappa shape index (κ1) is 12.0. The molecule has 1 rings (SSSR count). The van der Waals surface area contributed by atoms with Crippen LogP contribution in [-0.2, 0) is 0 Å². The van der Waals surface area contributed by atoms with E-state index in [4.69, 9.17) is 4.74 Å². The van der Waals surface area contributed by atoms with Crippen molar-refractivity contribution in [3.8, 4) is 5.75 Å². The first-order valence-corrected chi connectivity index (χ1v) is 5.93. The summed E-state index contributed by atoms with van der Waals surface area (Å²) >= 11 is 0. The average Bonchev–Trinajstić information content (AvgIpc) is 2.28. The van der Waals surface area contributed by atoms with Crippen LogP contribution < -0.4 is 4.74 Å². The number of nitrogens with zero attached hydrogens (tertiary/aromatic N) is 1. The minimum absolute atomic E-state index is 0.360. The van der Waals surface area contributed by atoms with Crippen molar-refractivity contribution in [2.75, 3.05) is 0 Å². The Morgan fingerprint density at radius 1 is 1.27 bits per heavy atom. The zero-order chi connectivity index (χ0) is 10.9. The zero-order valence-corrected chi connectivity index (χ0v) is 9.78. The molecule has 0 radical (unpaired) electrons. The van der Waals surface area contributed by atoms with Crippen molar-refractivity contribution in [1.29, 1.82) is 0 Å². The molecular formula is C13H21NO. The molecule has 0 aromatic carbocycles. The Hall–Kier alpha value is -1.05. The topological polar surface area (TPSA) is 22.1 Å². The summed E-state index contributed by atoms with van der Waals surface area (Å²) < 4.78 is 5.89. The fourth-order valence-electron chi connectivity index (χ4n) is 1.63. The summed E-state index contributed by atoms with van der Waals surface area (Å²) in [7, 11) is 0. The maximum atomic E-state index is 5.89. The first-order valence-electron chi connectivity index (χ1n) is 5.93. The van der Waals surface area contributed by atoms with E-state index >= 15 is 0 Å². The Morgan fingerprint density at radius 3 is 2.73 bits per heavy atom. The number of hydrogen-bond donors (Lipinski definition) is 0. The molecule has 2 heteroatoms. The predicted molar refractivity (Wildman–Crippen MR) is 63.1 cm³/mol. The summed E-state index contributed by atoms with van der Waals surface area (Å²) in [6.07, 6.45) is 9.85. The molecule has 1 atom stereocenters. The van der Waals surface area contributed by atoms with Gasteiger partial charge in [-0.2, -0.15) is 0 Å². The largest absolute Gasteiger partial charge is 0.489 e. The summed E-state index contributed by atoms with van der Waals surface area (Å²) in [6, 6.07) is 3.89. The molecular weight excluding hydrogens is 186 g/mol. The highest BCUT2D eigenvalue weighted by molar-refractivity contribution is 5.15. The molecule has 0 aliphatic carbocycles. The van der Waals surface area contributed by atoms with E-state index in [9.17, 15) is 0 Å². The van der Waals surface area contributed by atoms with Crippen LogP contribution in [0, 0.1) is 0 Å². The smallest absolute Gasteiger partial charge is 0.137 e. The molecule has 0 aliphatic heterocycles. The fourth-order valence-corrected chi connectivity index (χ4v) is 1.63. The summed E-state index contributed by atoms with van der Waals surface area (Å²) in [5.41, 5.74) is 0. The molecule has 1 unspecified atom stereocenters. The molecule has 0 spiro atoms. The quantitative estimate of drug-likeness (QED) is 0.678. The Kier molecular flexibility index (Phi) is 5.83. The van der Waals surface area contributed by atoms with E-state index in [1.165, 1.54) is 19.3 Å². The second-order valence-corrected chi connectivity index (χ2v) is 3.86. The van der Waals surface area contributed by atoms with E-state index in [-0.39, 0.29) is 0 Å². The van der Waals surface area contributed by atoms with Crippen molar-refractivity contribution >= 4 is 0 Å². The van der Waals surface area contributed by atoms with Crippen molar-refractivity contribution in [2.24, 2.45) is 0 Å². The third kappa shape index (κ3) is 4.82. The Balaban J connectivity index is 2.43. The van der Waals surface area contributed by atoms with Crippen LogP contribution >= 0.6 is 0 Å². The maximum absolute atomic E-state index is 5.89. The molecule has 0 saturated heterocycles. The van der Waals surface area contributed by atoms with E-state index in [2.05, 4.69) is 18.8 Å². The lowest BCUT2D eigenvalue weighted by Gasteiger charge is -2.17. The molecule has 1 aromatic heterocycles. The minimum atomic E-state index is 0.360. The lowest BCUT2D eigenvalue weighted by molar-refractivity contribution is 0.176. The molecule has 0 bridgehead atoms. The highest BCUT2D eigenvalue weighted by Gasteiger charge is 2.08. The van der Waals surface area contributed by atoms with Crippen LogP contribution in [0.25, 0.3) is 0 Å². The number of rotatable bonds is 7. The molecule has 84 valence electrons. The van der Waals surface area contributed by atoms with Crippen LogP contribution in [-0.4, -0.2) is 11.1 Å². The number of aromatic nitrogens is 1. The Bertz CT molecular complexity index is 248. The Morgan fingerprint density at radius 2 is 2.13 bits per heavy atom. The summed E-state index contributed by atoms with van der Waals surface area (Å²) in [6.45, 7) is 4.42. The van der Waals surface area contributed by atoms with E-state index in [0.29, 0.717) is 6.10 Å². The highest BCUT2D eigenvalue weighted by Crippen LogP contribution is 2.16. The normalized spacial score (nSPS) is 12.4. The van der Waals surface area contributed by atoms with Gasteiger partial charge in [0, 0.05) is 6.20 Å². The molecule has 1 aromatic rings. The van der Waals surface area contributed by atoms with E-state index < -0.39 is 0 Å². The van der Waals surface area contributed by atoms with Gasteiger partial charge in [0.15, 0.2) is 0 Å². The number of unbranched alkanes of at least 4 members (excludes halogenated alkanes) is 1. The van der Waals surface area contributed by atoms with Gasteiger partial charge in [-0.25, -0.2) is 0 Å². The van der Waals surface area contributed by atoms with E-state index in [0.717, 1.165) is 18.6 Å². The summed E-state index contributed by atoms with van der Waals surface area (Å²) in [5.74, 6) is 0.895. The number of hydrogen-bond acceptors (Lipinski definition) is 2. The SMILES string of the molecule is CCCCC(CCC)Oc1cccnc1. The van der Waals surface area contributed by atoms with Gasteiger partial charge in [-0.1, -0.05) is 33.1 Å². The van der Waals surface area contributed by atoms with Gasteiger partial charge in [0.2, 0.25) is 0 Å². The van der Waals surface area contributed by atoms with E-state index in [1.807, 2.05) is 12.1 Å². The maximum Gasteiger partial charge on any atom is 0.137 e. The number of pyridine rings is 1. The van der Waals surface area contributed by atoms with Gasteiger partial charge in [0.05, 0.1) is 12.3 Å². The molecule has 15 heavy (non-hydrogen) atoms. The fraction of sp³-hybridized carbons (Fsp3) is 0.615. The van der Waals surface area contributed by atoms with Crippen LogP contribution in [0.3, 0.4) is 0 Å². The summed E-state index contributed by atoms with van der Waals surface area (Å²) in [4.78, 5) is 4.05. The Labute approximate surface area is 92.7 Å². The van der Waals surface area contributed by atoms with Crippen LogP contribution in [0.4, 0.5) is 0 Å². The lowest BCUT2D eigenvalue weighted by atomic mass is 10.1. The third-order valence-electron chi connectivity index (χ3n) is 2.43. The van der Waals surface area contributed by atoms with Gasteiger partial charge < -0.3 is 4.74 Å². The van der Waals surface area contributed by atoms with Crippen LogP contribution in [0.1, 0.15) is 46.0 Å². The van der Waals surface area contributed by atoms with Gasteiger partial charge in [-0.3, -0.25) is 4.98 Å².